The van der Waals surface area contributed by atoms with E-state index in [1.807, 2.05) is 0 Å². The molecule has 0 saturated heterocycles. The van der Waals surface area contributed by atoms with Gasteiger partial charge in [-0.3, -0.25) is 14.4 Å². The van der Waals surface area contributed by atoms with Gasteiger partial charge in [0.05, 0.1) is 0 Å². The quantitative estimate of drug-likeness (QED) is 0.0261. The molecule has 0 aliphatic carbocycles. The molecule has 1 atom stereocenters. The minimum Gasteiger partial charge on any atom is -0.462 e. The standard InChI is InChI=1S/C67H116O6/c1-4-7-10-13-16-19-22-25-28-31-33-36-39-42-45-48-51-54-57-60-66(69)72-63-64(62-71-65(68)59-56-53-50-47-44-41-38-35-30-27-24-21-18-15-12-9-6-3)73-67(70)61-58-55-52-49-46-43-40-37-34-32-29-26-23-20-17-14-11-8-5-2/h16,18-19,21,25,27-28,30,33,36,38,41-42,45,64H,4-15,17,20,22-24,26,29,31-32,34-35,37,39-40,43-44,46-63H2,1-3H3/b19-16-,21-18-,28-25-,30-27-,36-33-,41-38-,45-42-/t64-/m1/s1. The predicted molar refractivity (Wildman–Crippen MR) is 316 cm³/mol. The molecule has 0 bridgehead atoms. The number of ether oxygens (including phenoxy) is 3. The Kier molecular flexibility index (Phi) is 58.3. The molecule has 0 rings (SSSR count). The first-order chi connectivity index (χ1) is 36.0. The van der Waals surface area contributed by atoms with E-state index in [4.69, 9.17) is 14.2 Å². The highest BCUT2D eigenvalue weighted by Gasteiger charge is 2.19. The zero-order chi connectivity index (χ0) is 52.9. The molecule has 0 unspecified atom stereocenters. The summed E-state index contributed by atoms with van der Waals surface area (Å²) in [6, 6.07) is 0. The average Bonchev–Trinajstić information content (AvgIpc) is 3.39. The van der Waals surface area contributed by atoms with Crippen LogP contribution in [-0.2, 0) is 28.6 Å². The van der Waals surface area contributed by atoms with Gasteiger partial charge in [-0.1, -0.05) is 266 Å². The predicted octanol–water partition coefficient (Wildman–Crippen LogP) is 21.1. The van der Waals surface area contributed by atoms with E-state index in [9.17, 15) is 14.4 Å². The van der Waals surface area contributed by atoms with E-state index in [0.717, 1.165) is 109 Å². The first-order valence-corrected chi connectivity index (χ1v) is 31.1. The molecule has 0 amide bonds. The Morgan fingerprint density at radius 2 is 0.493 bits per heavy atom. The van der Waals surface area contributed by atoms with Crippen LogP contribution in [0.2, 0.25) is 0 Å². The van der Waals surface area contributed by atoms with Crippen molar-refractivity contribution in [2.24, 2.45) is 0 Å². The average molecular weight is 1020 g/mol. The fraction of sp³-hybridized carbons (Fsp3) is 0.746. The summed E-state index contributed by atoms with van der Waals surface area (Å²) in [4.78, 5) is 38.3. The van der Waals surface area contributed by atoms with Crippen molar-refractivity contribution in [2.45, 2.75) is 309 Å². The SMILES string of the molecule is CCCCC/C=C\C/C=C\C/C=C\C/C=C\CCCCCC(=O)OC[C@@H](COC(=O)CCCCCC/C=C\C/C=C\C/C=C\CCCCC)OC(=O)CCCCCCCCCCCCCCCCCCCCC. The summed E-state index contributed by atoms with van der Waals surface area (Å²) >= 11 is 0. The van der Waals surface area contributed by atoms with Crippen molar-refractivity contribution in [3.63, 3.8) is 0 Å². The van der Waals surface area contributed by atoms with Crippen LogP contribution in [0.5, 0.6) is 0 Å². The highest BCUT2D eigenvalue weighted by Crippen LogP contribution is 2.16. The van der Waals surface area contributed by atoms with E-state index in [0.29, 0.717) is 19.3 Å². The Balaban J connectivity index is 4.46. The summed E-state index contributed by atoms with van der Waals surface area (Å²) in [5.41, 5.74) is 0. The number of rotatable bonds is 56. The summed E-state index contributed by atoms with van der Waals surface area (Å²) in [5.74, 6) is -0.935. The van der Waals surface area contributed by atoms with E-state index in [-0.39, 0.29) is 31.1 Å². The van der Waals surface area contributed by atoms with E-state index in [1.54, 1.807) is 0 Å². The van der Waals surface area contributed by atoms with E-state index in [2.05, 4.69) is 106 Å². The maximum absolute atomic E-state index is 12.9. The third-order valence-corrected chi connectivity index (χ3v) is 13.4. The fourth-order valence-corrected chi connectivity index (χ4v) is 8.67. The van der Waals surface area contributed by atoms with Crippen molar-refractivity contribution in [3.8, 4) is 0 Å². The minimum atomic E-state index is -0.799. The number of unbranched alkanes of at least 4 members (excludes halogenated alkanes) is 31. The van der Waals surface area contributed by atoms with Crippen LogP contribution in [0.4, 0.5) is 0 Å². The molecule has 0 saturated carbocycles. The van der Waals surface area contributed by atoms with Crippen molar-refractivity contribution in [2.75, 3.05) is 13.2 Å². The van der Waals surface area contributed by atoms with Crippen LogP contribution in [0.25, 0.3) is 0 Å². The Bertz CT molecular complexity index is 1400. The normalized spacial score (nSPS) is 12.6. The molecule has 0 heterocycles. The molecule has 73 heavy (non-hydrogen) atoms. The number of carbonyl (C=O) groups excluding carboxylic acids is 3. The van der Waals surface area contributed by atoms with Crippen LogP contribution >= 0.6 is 0 Å². The zero-order valence-electron chi connectivity index (χ0n) is 48.1. The molecule has 0 spiro atoms. The molecule has 0 aromatic heterocycles. The van der Waals surface area contributed by atoms with Gasteiger partial charge in [0.15, 0.2) is 6.10 Å². The van der Waals surface area contributed by atoms with Crippen LogP contribution in [0.3, 0.4) is 0 Å². The monoisotopic (exact) mass is 1020 g/mol. The highest BCUT2D eigenvalue weighted by atomic mass is 16.6. The van der Waals surface area contributed by atoms with Crippen molar-refractivity contribution >= 4 is 17.9 Å². The van der Waals surface area contributed by atoms with Gasteiger partial charge >= 0.3 is 17.9 Å². The van der Waals surface area contributed by atoms with Crippen molar-refractivity contribution in [3.05, 3.63) is 85.1 Å². The molecule has 0 fully saturated rings. The molecule has 0 aliphatic rings. The second kappa shape index (κ2) is 61.1. The third kappa shape index (κ3) is 59.3. The largest absolute Gasteiger partial charge is 0.462 e. The summed E-state index contributed by atoms with van der Waals surface area (Å²) in [5, 5.41) is 0. The van der Waals surface area contributed by atoms with Gasteiger partial charge < -0.3 is 14.2 Å². The molecule has 0 aromatic carbocycles. The smallest absolute Gasteiger partial charge is 0.306 e. The van der Waals surface area contributed by atoms with E-state index >= 15 is 0 Å². The zero-order valence-corrected chi connectivity index (χ0v) is 48.1. The summed E-state index contributed by atoms with van der Waals surface area (Å²) in [6.07, 6.45) is 80.0. The number of hydrogen-bond acceptors (Lipinski definition) is 6. The van der Waals surface area contributed by atoms with Gasteiger partial charge in [-0.05, 0) is 103 Å². The van der Waals surface area contributed by atoms with Crippen molar-refractivity contribution in [1.29, 1.82) is 0 Å². The van der Waals surface area contributed by atoms with Crippen LogP contribution in [0, 0.1) is 0 Å². The minimum absolute atomic E-state index is 0.0966. The van der Waals surface area contributed by atoms with E-state index < -0.39 is 6.10 Å². The molecule has 420 valence electrons. The molecule has 0 N–H and O–H groups in total. The third-order valence-electron chi connectivity index (χ3n) is 13.4. The van der Waals surface area contributed by atoms with E-state index in [1.165, 1.54) is 154 Å². The van der Waals surface area contributed by atoms with Crippen LogP contribution in [0.15, 0.2) is 85.1 Å². The Labute approximate surface area is 452 Å². The van der Waals surface area contributed by atoms with Gasteiger partial charge in [0.2, 0.25) is 0 Å². The van der Waals surface area contributed by atoms with Gasteiger partial charge in [-0.25, -0.2) is 0 Å². The molecular formula is C67H116O6. The molecule has 6 nitrogen and oxygen atoms in total. The Hall–Kier alpha value is -3.41. The number of allylic oxidation sites excluding steroid dienone is 14. The maximum Gasteiger partial charge on any atom is 0.306 e. The number of carbonyl (C=O) groups is 3. The second-order valence-corrected chi connectivity index (χ2v) is 20.6. The molecule has 0 aromatic rings. The number of hydrogen-bond donors (Lipinski definition) is 0. The van der Waals surface area contributed by atoms with Crippen molar-refractivity contribution < 1.29 is 28.6 Å². The topological polar surface area (TPSA) is 78.9 Å². The Morgan fingerprint density at radius 3 is 0.808 bits per heavy atom. The lowest BCUT2D eigenvalue weighted by Crippen LogP contribution is -2.30. The second-order valence-electron chi connectivity index (χ2n) is 20.6. The lowest BCUT2D eigenvalue weighted by molar-refractivity contribution is -0.167. The van der Waals surface area contributed by atoms with Crippen molar-refractivity contribution in [1.82, 2.24) is 0 Å². The van der Waals surface area contributed by atoms with Gasteiger partial charge in [-0.15, -0.1) is 0 Å². The van der Waals surface area contributed by atoms with Gasteiger partial charge in [0.25, 0.3) is 0 Å². The van der Waals surface area contributed by atoms with Crippen LogP contribution in [0.1, 0.15) is 303 Å². The van der Waals surface area contributed by atoms with Crippen LogP contribution in [-0.4, -0.2) is 37.2 Å². The summed E-state index contributed by atoms with van der Waals surface area (Å²) in [6.45, 7) is 6.57. The number of esters is 3. The van der Waals surface area contributed by atoms with Gasteiger partial charge in [-0.2, -0.15) is 0 Å². The molecular weight excluding hydrogens is 901 g/mol. The first-order valence-electron chi connectivity index (χ1n) is 31.1. The van der Waals surface area contributed by atoms with Crippen LogP contribution < -0.4 is 0 Å². The molecule has 0 aliphatic heterocycles. The summed E-state index contributed by atoms with van der Waals surface area (Å²) in [7, 11) is 0. The lowest BCUT2D eigenvalue weighted by atomic mass is 10.0. The maximum atomic E-state index is 12.9. The summed E-state index contributed by atoms with van der Waals surface area (Å²) < 4.78 is 16.9. The molecule has 0 radical (unpaired) electrons. The first kappa shape index (κ1) is 69.6. The van der Waals surface area contributed by atoms with Gasteiger partial charge in [0, 0.05) is 19.3 Å². The lowest BCUT2D eigenvalue weighted by Gasteiger charge is -2.18. The Morgan fingerprint density at radius 1 is 0.274 bits per heavy atom. The fourth-order valence-electron chi connectivity index (χ4n) is 8.67. The highest BCUT2D eigenvalue weighted by molar-refractivity contribution is 5.71. The molecule has 6 heteroatoms. The van der Waals surface area contributed by atoms with Gasteiger partial charge in [0.1, 0.15) is 13.2 Å².